The van der Waals surface area contributed by atoms with Crippen molar-refractivity contribution in [2.24, 2.45) is 0 Å². The second kappa shape index (κ2) is 8.18. The van der Waals surface area contributed by atoms with E-state index in [4.69, 9.17) is 0 Å². The molecule has 1 aromatic carbocycles. The van der Waals surface area contributed by atoms with Crippen molar-refractivity contribution >= 4 is 6.08 Å². The molecule has 2 rings (SSSR count). The van der Waals surface area contributed by atoms with Gasteiger partial charge in [0, 0.05) is 18.0 Å². The van der Waals surface area contributed by atoms with E-state index in [1.54, 1.807) is 18.5 Å². The zero-order valence-corrected chi connectivity index (χ0v) is 13.2. The van der Waals surface area contributed by atoms with Crippen molar-refractivity contribution in [3.05, 3.63) is 85.2 Å². The second-order valence-electron chi connectivity index (χ2n) is 5.70. The van der Waals surface area contributed by atoms with Gasteiger partial charge in [-0.15, -0.1) is 0 Å². The molecule has 0 aliphatic carbocycles. The molecule has 0 amide bonds. The van der Waals surface area contributed by atoms with Crippen molar-refractivity contribution in [2.75, 3.05) is 21.1 Å². The normalized spacial score (nSPS) is 11.8. The maximum absolute atomic E-state index is 3.89. The smallest absolute Gasteiger partial charge is 0.133 e. The molecule has 0 radical (unpaired) electrons. The van der Waals surface area contributed by atoms with Gasteiger partial charge in [0.05, 0.1) is 21.1 Å². The maximum atomic E-state index is 3.89. The van der Waals surface area contributed by atoms with Gasteiger partial charge in [-0.05, 0) is 17.7 Å². The molecule has 0 bridgehead atoms. The SMILES string of the molecule is C=CC(c1ccccc1)[N+](C)(C)C.C=Cc1cccnc1. The molecule has 0 saturated carbocycles. The van der Waals surface area contributed by atoms with Gasteiger partial charge in [0.25, 0.3) is 0 Å². The van der Waals surface area contributed by atoms with Crippen LogP contribution in [0.1, 0.15) is 17.2 Å². The molecule has 0 N–H and O–H groups in total. The highest BCUT2D eigenvalue weighted by Crippen LogP contribution is 2.23. The van der Waals surface area contributed by atoms with E-state index in [2.05, 4.69) is 63.6 Å². The van der Waals surface area contributed by atoms with Crippen LogP contribution in [-0.4, -0.2) is 30.6 Å². The van der Waals surface area contributed by atoms with Crippen molar-refractivity contribution in [3.63, 3.8) is 0 Å². The van der Waals surface area contributed by atoms with E-state index in [1.165, 1.54) is 5.56 Å². The highest BCUT2D eigenvalue weighted by atomic mass is 15.3. The first-order valence-electron chi connectivity index (χ1n) is 7.00. The Labute approximate surface area is 128 Å². The Kier molecular flexibility index (Phi) is 6.57. The highest BCUT2D eigenvalue weighted by Gasteiger charge is 2.21. The number of aromatic nitrogens is 1. The third-order valence-corrected chi connectivity index (χ3v) is 3.12. The van der Waals surface area contributed by atoms with Crippen LogP contribution >= 0.6 is 0 Å². The van der Waals surface area contributed by atoms with Crippen LogP contribution in [-0.2, 0) is 0 Å². The lowest BCUT2D eigenvalue weighted by molar-refractivity contribution is -0.895. The molecular formula is C19H25N2+. The van der Waals surface area contributed by atoms with Crippen molar-refractivity contribution in [2.45, 2.75) is 6.04 Å². The molecule has 1 aromatic heterocycles. The lowest BCUT2D eigenvalue weighted by Gasteiger charge is -2.32. The lowest BCUT2D eigenvalue weighted by atomic mass is 10.1. The largest absolute Gasteiger partial charge is 0.321 e. The maximum Gasteiger partial charge on any atom is 0.133 e. The third-order valence-electron chi connectivity index (χ3n) is 3.12. The standard InChI is InChI=1S/C12H18N.C7H7N/c1-5-12(13(2,3)4)11-9-7-6-8-10-11;1-2-7-4-3-5-8-6-7/h5-10,12H,1H2,2-4H3;2-6H,1H2/q+1;. The quantitative estimate of drug-likeness (QED) is 0.600. The van der Waals surface area contributed by atoms with Gasteiger partial charge < -0.3 is 4.48 Å². The highest BCUT2D eigenvalue weighted by molar-refractivity contribution is 5.44. The fourth-order valence-corrected chi connectivity index (χ4v) is 2.05. The van der Waals surface area contributed by atoms with Gasteiger partial charge >= 0.3 is 0 Å². The molecule has 110 valence electrons. The summed E-state index contributed by atoms with van der Waals surface area (Å²) in [4.78, 5) is 3.88. The fraction of sp³-hybridized carbons (Fsp3) is 0.211. The molecule has 0 fully saturated rings. The fourth-order valence-electron chi connectivity index (χ4n) is 2.05. The summed E-state index contributed by atoms with van der Waals surface area (Å²) in [5.74, 6) is 0. The van der Waals surface area contributed by atoms with Crippen molar-refractivity contribution in [1.82, 2.24) is 4.98 Å². The third kappa shape index (κ3) is 5.76. The molecule has 2 nitrogen and oxygen atoms in total. The summed E-state index contributed by atoms with van der Waals surface area (Å²) in [6.07, 6.45) is 7.29. The molecular weight excluding hydrogens is 256 g/mol. The first kappa shape index (κ1) is 16.9. The first-order valence-corrected chi connectivity index (χ1v) is 7.00. The van der Waals surface area contributed by atoms with Gasteiger partial charge in [0.15, 0.2) is 0 Å². The minimum Gasteiger partial charge on any atom is -0.321 e. The van der Waals surface area contributed by atoms with E-state index >= 15 is 0 Å². The van der Waals surface area contributed by atoms with Gasteiger partial charge in [0.2, 0.25) is 0 Å². The monoisotopic (exact) mass is 281 g/mol. The number of quaternary nitrogens is 1. The topological polar surface area (TPSA) is 12.9 Å². The zero-order chi connectivity index (χ0) is 15.7. The van der Waals surface area contributed by atoms with Gasteiger partial charge in [-0.1, -0.05) is 55.6 Å². The number of benzene rings is 1. The molecule has 2 heteroatoms. The Morgan fingerprint density at radius 2 is 1.67 bits per heavy atom. The summed E-state index contributed by atoms with van der Waals surface area (Å²) in [5, 5.41) is 0. The average Bonchev–Trinajstić information content (AvgIpc) is 2.49. The Morgan fingerprint density at radius 3 is 2.05 bits per heavy atom. The first-order chi connectivity index (χ1) is 9.99. The summed E-state index contributed by atoms with van der Waals surface area (Å²) in [7, 11) is 6.54. The summed E-state index contributed by atoms with van der Waals surface area (Å²) in [5.41, 5.74) is 2.39. The molecule has 0 saturated heterocycles. The molecule has 21 heavy (non-hydrogen) atoms. The molecule has 0 aliphatic heterocycles. The predicted octanol–water partition coefficient (Wildman–Crippen LogP) is 4.34. The minimum absolute atomic E-state index is 0.376. The van der Waals surface area contributed by atoms with Crippen molar-refractivity contribution in [3.8, 4) is 0 Å². The second-order valence-corrected chi connectivity index (χ2v) is 5.70. The number of pyridine rings is 1. The molecule has 0 aliphatic rings. The average molecular weight is 281 g/mol. The van der Waals surface area contributed by atoms with E-state index in [1.807, 2.05) is 24.3 Å². The van der Waals surface area contributed by atoms with E-state index in [9.17, 15) is 0 Å². The summed E-state index contributed by atoms with van der Waals surface area (Å²) < 4.78 is 0.882. The summed E-state index contributed by atoms with van der Waals surface area (Å²) in [6.45, 7) is 7.48. The predicted molar refractivity (Wildman–Crippen MR) is 91.7 cm³/mol. The van der Waals surface area contributed by atoms with Crippen LogP contribution in [0.4, 0.5) is 0 Å². The number of hydrogen-bond donors (Lipinski definition) is 0. The molecule has 1 heterocycles. The van der Waals surface area contributed by atoms with Crippen molar-refractivity contribution < 1.29 is 4.48 Å². The van der Waals surface area contributed by atoms with E-state index < -0.39 is 0 Å². The van der Waals surface area contributed by atoms with E-state index in [0.29, 0.717) is 6.04 Å². The summed E-state index contributed by atoms with van der Waals surface area (Å²) in [6, 6.07) is 14.7. The lowest BCUT2D eigenvalue weighted by Crippen LogP contribution is -2.37. The van der Waals surface area contributed by atoms with Crippen LogP contribution in [0.3, 0.4) is 0 Å². The number of rotatable bonds is 4. The number of hydrogen-bond acceptors (Lipinski definition) is 1. The van der Waals surface area contributed by atoms with Crippen LogP contribution < -0.4 is 0 Å². The van der Waals surface area contributed by atoms with Gasteiger partial charge in [-0.2, -0.15) is 0 Å². The van der Waals surface area contributed by atoms with E-state index in [-0.39, 0.29) is 0 Å². The summed E-state index contributed by atoms with van der Waals surface area (Å²) >= 11 is 0. The van der Waals surface area contributed by atoms with Gasteiger partial charge in [-0.3, -0.25) is 4.98 Å². The minimum atomic E-state index is 0.376. The van der Waals surface area contributed by atoms with Gasteiger partial charge in [-0.25, -0.2) is 0 Å². The molecule has 0 spiro atoms. The Balaban J connectivity index is 0.000000235. The Bertz CT molecular complexity index is 539. The van der Waals surface area contributed by atoms with Crippen LogP contribution in [0.2, 0.25) is 0 Å². The van der Waals surface area contributed by atoms with Crippen LogP contribution in [0.25, 0.3) is 6.08 Å². The molecule has 2 aromatic rings. The number of likely N-dealkylation sites (N-methyl/N-ethyl adjacent to an activating group) is 1. The van der Waals surface area contributed by atoms with Crippen molar-refractivity contribution in [1.29, 1.82) is 0 Å². The molecule has 1 atom stereocenters. The number of nitrogens with zero attached hydrogens (tertiary/aromatic N) is 2. The van der Waals surface area contributed by atoms with Crippen LogP contribution in [0.5, 0.6) is 0 Å². The van der Waals surface area contributed by atoms with E-state index in [0.717, 1.165) is 10.0 Å². The zero-order valence-electron chi connectivity index (χ0n) is 13.2. The van der Waals surface area contributed by atoms with Crippen LogP contribution in [0.15, 0.2) is 74.1 Å². The Morgan fingerprint density at radius 1 is 1.00 bits per heavy atom. The van der Waals surface area contributed by atoms with Crippen LogP contribution in [0, 0.1) is 0 Å². The molecule has 1 unspecified atom stereocenters. The van der Waals surface area contributed by atoms with Gasteiger partial charge in [0.1, 0.15) is 6.04 Å². The Hall–Kier alpha value is -2.19.